The van der Waals surface area contributed by atoms with Gasteiger partial charge in [-0.05, 0) is 38.3 Å². The monoisotopic (exact) mass is 341 g/mol. The Hall–Kier alpha value is -1.31. The van der Waals surface area contributed by atoms with E-state index in [4.69, 9.17) is 4.74 Å². The Morgan fingerprint density at radius 2 is 2.17 bits per heavy atom. The number of benzene rings is 1. The number of anilines is 1. The topological polar surface area (TPSA) is 61.9 Å². The van der Waals surface area contributed by atoms with E-state index in [2.05, 4.69) is 15.7 Å². The fourth-order valence-corrected chi connectivity index (χ4v) is 3.85. The van der Waals surface area contributed by atoms with Crippen LogP contribution >= 0.6 is 0 Å². The van der Waals surface area contributed by atoms with Crippen LogP contribution in [-0.2, 0) is 10.2 Å². The summed E-state index contributed by atoms with van der Waals surface area (Å²) < 4.78 is 33.6. The SMILES string of the molecule is COc1cccc(N2CC[C@H](CNS(=O)(=O)N(C)C(C)C)C2)c1. The van der Waals surface area contributed by atoms with Gasteiger partial charge in [-0.1, -0.05) is 6.07 Å². The van der Waals surface area contributed by atoms with Crippen molar-refractivity contribution in [1.82, 2.24) is 9.03 Å². The molecule has 0 saturated carbocycles. The van der Waals surface area contributed by atoms with Gasteiger partial charge in [0.05, 0.1) is 7.11 Å². The van der Waals surface area contributed by atoms with E-state index >= 15 is 0 Å². The summed E-state index contributed by atoms with van der Waals surface area (Å²) in [5, 5.41) is 0. The molecule has 1 aromatic carbocycles. The van der Waals surface area contributed by atoms with E-state index in [0.29, 0.717) is 12.5 Å². The number of ether oxygens (including phenoxy) is 1. The van der Waals surface area contributed by atoms with Crippen molar-refractivity contribution < 1.29 is 13.2 Å². The first-order valence-corrected chi connectivity index (χ1v) is 9.39. The lowest BCUT2D eigenvalue weighted by atomic mass is 10.1. The summed E-state index contributed by atoms with van der Waals surface area (Å²) >= 11 is 0. The van der Waals surface area contributed by atoms with Crippen LogP contribution in [0.3, 0.4) is 0 Å². The molecule has 2 rings (SSSR count). The Bertz CT molecular complexity index is 619. The molecular formula is C16H27N3O3S. The highest BCUT2D eigenvalue weighted by Crippen LogP contribution is 2.26. The Kier molecular flexibility index (Phi) is 5.89. The predicted octanol–water partition coefficient (Wildman–Crippen LogP) is 1.70. The number of rotatable bonds is 7. The second-order valence-corrected chi connectivity index (χ2v) is 8.08. The third kappa shape index (κ3) is 4.59. The third-order valence-electron chi connectivity index (χ3n) is 4.37. The molecule has 23 heavy (non-hydrogen) atoms. The first-order valence-electron chi connectivity index (χ1n) is 7.95. The van der Waals surface area contributed by atoms with Crippen LogP contribution in [0.15, 0.2) is 24.3 Å². The lowest BCUT2D eigenvalue weighted by Gasteiger charge is -2.23. The minimum atomic E-state index is -3.39. The molecule has 7 heteroatoms. The van der Waals surface area contributed by atoms with E-state index in [1.54, 1.807) is 14.2 Å². The van der Waals surface area contributed by atoms with E-state index in [-0.39, 0.29) is 6.04 Å². The van der Waals surface area contributed by atoms with Crippen molar-refractivity contribution in [3.63, 3.8) is 0 Å². The summed E-state index contributed by atoms with van der Waals surface area (Å²) in [6.45, 7) is 5.97. The maximum Gasteiger partial charge on any atom is 0.279 e. The zero-order valence-corrected chi connectivity index (χ0v) is 15.1. The molecule has 0 unspecified atom stereocenters. The van der Waals surface area contributed by atoms with E-state index in [1.807, 2.05) is 32.0 Å². The van der Waals surface area contributed by atoms with E-state index in [0.717, 1.165) is 30.9 Å². The van der Waals surface area contributed by atoms with E-state index in [1.165, 1.54) is 4.31 Å². The van der Waals surface area contributed by atoms with E-state index < -0.39 is 10.2 Å². The molecule has 1 aliphatic rings. The van der Waals surface area contributed by atoms with Gasteiger partial charge in [-0.3, -0.25) is 0 Å². The minimum Gasteiger partial charge on any atom is -0.497 e. The van der Waals surface area contributed by atoms with Crippen molar-refractivity contribution >= 4 is 15.9 Å². The van der Waals surface area contributed by atoms with Crippen LogP contribution in [0.2, 0.25) is 0 Å². The smallest absolute Gasteiger partial charge is 0.279 e. The molecule has 0 spiro atoms. The van der Waals surface area contributed by atoms with Crippen LogP contribution < -0.4 is 14.4 Å². The molecule has 1 atom stereocenters. The molecule has 6 nitrogen and oxygen atoms in total. The highest BCUT2D eigenvalue weighted by atomic mass is 32.2. The van der Waals surface area contributed by atoms with Gasteiger partial charge in [0.1, 0.15) is 5.75 Å². The molecule has 0 bridgehead atoms. The molecule has 130 valence electrons. The van der Waals surface area contributed by atoms with Gasteiger partial charge in [0, 0.05) is 44.5 Å². The first-order chi connectivity index (χ1) is 10.8. The van der Waals surface area contributed by atoms with Crippen molar-refractivity contribution in [3.8, 4) is 5.75 Å². The summed E-state index contributed by atoms with van der Waals surface area (Å²) in [6.07, 6.45) is 0.977. The Balaban J connectivity index is 1.90. The number of nitrogens with one attached hydrogen (secondary N) is 1. The van der Waals surface area contributed by atoms with Crippen molar-refractivity contribution in [1.29, 1.82) is 0 Å². The average Bonchev–Trinajstić information content (AvgIpc) is 3.01. The molecule has 0 aromatic heterocycles. The summed E-state index contributed by atoms with van der Waals surface area (Å²) in [7, 11) is -0.135. The highest BCUT2D eigenvalue weighted by Gasteiger charge is 2.26. The van der Waals surface area contributed by atoms with Gasteiger partial charge >= 0.3 is 0 Å². The predicted molar refractivity (Wildman–Crippen MR) is 93.1 cm³/mol. The normalized spacial score (nSPS) is 18.9. The van der Waals surface area contributed by atoms with Crippen LogP contribution in [0, 0.1) is 5.92 Å². The maximum atomic E-state index is 12.1. The largest absolute Gasteiger partial charge is 0.497 e. The zero-order chi connectivity index (χ0) is 17.0. The van der Waals surface area contributed by atoms with Gasteiger partial charge < -0.3 is 9.64 Å². The van der Waals surface area contributed by atoms with E-state index in [9.17, 15) is 8.42 Å². The molecule has 1 fully saturated rings. The van der Waals surface area contributed by atoms with Gasteiger partial charge in [-0.25, -0.2) is 4.72 Å². The highest BCUT2D eigenvalue weighted by molar-refractivity contribution is 7.87. The zero-order valence-electron chi connectivity index (χ0n) is 14.3. The molecule has 1 saturated heterocycles. The number of nitrogens with zero attached hydrogens (tertiary/aromatic N) is 2. The second-order valence-electron chi connectivity index (χ2n) is 6.27. The van der Waals surface area contributed by atoms with Crippen LogP contribution in [0.25, 0.3) is 0 Å². The van der Waals surface area contributed by atoms with Gasteiger partial charge in [-0.2, -0.15) is 12.7 Å². The molecule has 0 amide bonds. The number of methoxy groups -OCH3 is 1. The fourth-order valence-electron chi connectivity index (χ4n) is 2.64. The summed E-state index contributed by atoms with van der Waals surface area (Å²) in [4.78, 5) is 2.27. The Morgan fingerprint density at radius 1 is 1.43 bits per heavy atom. The van der Waals surface area contributed by atoms with Gasteiger partial charge in [0.2, 0.25) is 0 Å². The number of hydrogen-bond acceptors (Lipinski definition) is 4. The molecule has 1 aromatic rings. The van der Waals surface area contributed by atoms with Gasteiger partial charge in [0.15, 0.2) is 0 Å². The van der Waals surface area contributed by atoms with Crippen molar-refractivity contribution in [2.45, 2.75) is 26.3 Å². The van der Waals surface area contributed by atoms with Crippen LogP contribution in [0.1, 0.15) is 20.3 Å². The lowest BCUT2D eigenvalue weighted by molar-refractivity contribution is 0.398. The average molecular weight is 341 g/mol. The van der Waals surface area contributed by atoms with Crippen molar-refractivity contribution in [2.75, 3.05) is 38.7 Å². The fraction of sp³-hybridized carbons (Fsp3) is 0.625. The second kappa shape index (κ2) is 7.51. The van der Waals surface area contributed by atoms with Crippen molar-refractivity contribution in [3.05, 3.63) is 24.3 Å². The summed E-state index contributed by atoms with van der Waals surface area (Å²) in [6, 6.07) is 7.92. The summed E-state index contributed by atoms with van der Waals surface area (Å²) in [5.41, 5.74) is 1.12. The summed E-state index contributed by atoms with van der Waals surface area (Å²) in [5.74, 6) is 1.15. The maximum absolute atomic E-state index is 12.1. The molecule has 1 N–H and O–H groups in total. The third-order valence-corrected chi connectivity index (χ3v) is 6.08. The van der Waals surface area contributed by atoms with Crippen LogP contribution in [0.5, 0.6) is 5.75 Å². The molecular weight excluding hydrogens is 314 g/mol. The van der Waals surface area contributed by atoms with Crippen LogP contribution in [-0.4, -0.2) is 52.6 Å². The van der Waals surface area contributed by atoms with Crippen LogP contribution in [0.4, 0.5) is 5.69 Å². The Morgan fingerprint density at radius 3 is 2.83 bits per heavy atom. The quantitative estimate of drug-likeness (QED) is 0.820. The van der Waals surface area contributed by atoms with Gasteiger partial charge in [0.25, 0.3) is 10.2 Å². The minimum absolute atomic E-state index is 0.0515. The first kappa shape index (κ1) is 18.0. The standard InChI is InChI=1S/C16H27N3O3S/c1-13(2)18(3)23(20,21)17-11-14-8-9-19(12-14)15-6-5-7-16(10-15)22-4/h5-7,10,13-14,17H,8-9,11-12H2,1-4H3/t14-/m1/s1. The number of hydrogen-bond donors (Lipinski definition) is 1. The lowest BCUT2D eigenvalue weighted by Crippen LogP contribution is -2.43. The Labute approximate surface area is 139 Å². The molecule has 0 radical (unpaired) electrons. The molecule has 1 heterocycles. The molecule has 1 aliphatic heterocycles. The van der Waals surface area contributed by atoms with Crippen molar-refractivity contribution in [2.24, 2.45) is 5.92 Å². The van der Waals surface area contributed by atoms with Gasteiger partial charge in [-0.15, -0.1) is 0 Å². The molecule has 0 aliphatic carbocycles.